The van der Waals surface area contributed by atoms with Gasteiger partial charge in [0, 0.05) is 38.3 Å². The summed E-state index contributed by atoms with van der Waals surface area (Å²) in [5, 5.41) is 37.2. The lowest BCUT2D eigenvalue weighted by Gasteiger charge is -2.39. The molecule has 0 aromatic rings. The van der Waals surface area contributed by atoms with Crippen LogP contribution in [0.1, 0.15) is 59.3 Å². The number of rotatable bonds is 8. The molecule has 1 aliphatic carbocycles. The molecular weight excluding hydrogens is 462 g/mol. The van der Waals surface area contributed by atoms with Crippen molar-refractivity contribution < 1.29 is 19.7 Å². The van der Waals surface area contributed by atoms with Crippen LogP contribution in [-0.2, 0) is 4.74 Å². The molecule has 3 aliphatic heterocycles. The number of hydrogen-bond donors (Lipinski definition) is 8. The van der Waals surface area contributed by atoms with Crippen molar-refractivity contribution in [3.8, 4) is 0 Å². The van der Waals surface area contributed by atoms with Crippen LogP contribution in [0.15, 0.2) is 0 Å². The second-order valence-corrected chi connectivity index (χ2v) is 12.2. The lowest BCUT2D eigenvalue weighted by atomic mass is 9.71. The fourth-order valence-electron chi connectivity index (χ4n) is 6.38. The normalized spacial score (nSPS) is 39.7. The minimum absolute atomic E-state index is 0.0329. The Labute approximate surface area is 215 Å². The number of amides is 2. The summed E-state index contributed by atoms with van der Waals surface area (Å²) >= 11 is 0. The quantitative estimate of drug-likeness (QED) is 0.199. The highest BCUT2D eigenvalue weighted by Crippen LogP contribution is 2.37. The van der Waals surface area contributed by atoms with E-state index in [9.17, 15) is 15.0 Å². The molecule has 11 heteroatoms. The fourth-order valence-corrected chi connectivity index (χ4v) is 6.38. The number of aliphatic hydroxyl groups is 2. The molecule has 3 saturated heterocycles. The van der Waals surface area contributed by atoms with Crippen LogP contribution in [-0.4, -0.2) is 96.9 Å². The van der Waals surface area contributed by atoms with Crippen LogP contribution in [0, 0.1) is 17.3 Å². The van der Waals surface area contributed by atoms with Crippen molar-refractivity contribution in [1.82, 2.24) is 31.5 Å². The minimum Gasteiger partial charge on any atom is -0.387 e. The Morgan fingerprint density at radius 2 is 1.83 bits per heavy atom. The van der Waals surface area contributed by atoms with E-state index >= 15 is 0 Å². The van der Waals surface area contributed by atoms with Crippen LogP contribution in [0.4, 0.5) is 4.79 Å². The molecule has 0 bridgehead atoms. The second kappa shape index (κ2) is 12.2. The lowest BCUT2D eigenvalue weighted by Crippen LogP contribution is -2.64. The van der Waals surface area contributed by atoms with Crippen molar-refractivity contribution >= 4 is 6.03 Å². The van der Waals surface area contributed by atoms with E-state index in [1.54, 1.807) is 0 Å². The number of nitrogens with one attached hydrogen (secondary N) is 5. The molecule has 36 heavy (non-hydrogen) atoms. The Morgan fingerprint density at radius 3 is 2.56 bits per heavy atom. The summed E-state index contributed by atoms with van der Waals surface area (Å²) in [7, 11) is 0. The third-order valence-corrected chi connectivity index (χ3v) is 8.71. The zero-order valence-corrected chi connectivity index (χ0v) is 22.2. The van der Waals surface area contributed by atoms with E-state index in [4.69, 9.17) is 10.5 Å². The molecule has 0 radical (unpaired) electrons. The molecule has 7 atom stereocenters. The number of urea groups is 1. The highest BCUT2D eigenvalue weighted by atomic mass is 16.6. The average molecular weight is 512 g/mol. The summed E-state index contributed by atoms with van der Waals surface area (Å²) in [5.41, 5.74) is 6.53. The first-order valence-corrected chi connectivity index (χ1v) is 13.9. The van der Waals surface area contributed by atoms with Crippen molar-refractivity contribution in [2.45, 2.75) is 102 Å². The Kier molecular flexibility index (Phi) is 9.48. The van der Waals surface area contributed by atoms with Gasteiger partial charge in [0.1, 0.15) is 24.5 Å². The molecule has 4 rings (SSSR count). The maximum Gasteiger partial charge on any atom is 0.315 e. The van der Waals surface area contributed by atoms with Crippen LogP contribution >= 0.6 is 0 Å². The average Bonchev–Trinajstić information content (AvgIpc) is 3.38. The zero-order valence-electron chi connectivity index (χ0n) is 22.2. The van der Waals surface area contributed by atoms with Gasteiger partial charge < -0.3 is 36.6 Å². The highest BCUT2D eigenvalue weighted by Gasteiger charge is 2.51. The van der Waals surface area contributed by atoms with Crippen molar-refractivity contribution in [2.24, 2.45) is 23.0 Å². The van der Waals surface area contributed by atoms with E-state index in [1.807, 2.05) is 0 Å². The van der Waals surface area contributed by atoms with Gasteiger partial charge in [-0.2, -0.15) is 0 Å². The van der Waals surface area contributed by atoms with Gasteiger partial charge >= 0.3 is 6.03 Å². The van der Waals surface area contributed by atoms with Crippen LogP contribution in [0.3, 0.4) is 0 Å². The van der Waals surface area contributed by atoms with Gasteiger partial charge in [0.25, 0.3) is 0 Å². The molecule has 3 heterocycles. The predicted octanol–water partition coefficient (Wildman–Crippen LogP) is -0.600. The molecule has 1 saturated carbocycles. The number of nitrogens with two attached hydrogens (primary N) is 1. The van der Waals surface area contributed by atoms with Crippen molar-refractivity contribution in [3.63, 3.8) is 0 Å². The molecule has 11 nitrogen and oxygen atoms in total. The smallest absolute Gasteiger partial charge is 0.315 e. The standard InChI is InChI=1S/C25H49N7O4/c1-25(2,3)15-5-7-16(8-6-15)31-24(35)28-11-4-10-27-13-18-19(33)20(34)23(36-18)32-12-9-17-21(26)29-14-30-22(17)32/h15-23,27,29-30,33-34H,4-14,26H2,1-3H3,(H2,28,31,35)/t15?,16?,17?,18-,19-,20-,21?,22?,23-/m1/s1. The van der Waals surface area contributed by atoms with E-state index < -0.39 is 24.5 Å². The zero-order chi connectivity index (χ0) is 25.9. The monoisotopic (exact) mass is 511 g/mol. The number of carbonyl (C=O) groups is 1. The molecule has 9 N–H and O–H groups in total. The van der Waals surface area contributed by atoms with Gasteiger partial charge in [0.05, 0.1) is 12.3 Å². The molecule has 4 fully saturated rings. The molecule has 208 valence electrons. The van der Waals surface area contributed by atoms with E-state index in [1.165, 1.54) is 12.8 Å². The maximum atomic E-state index is 12.2. The topological polar surface area (TPSA) is 156 Å². The summed E-state index contributed by atoms with van der Waals surface area (Å²) in [6.45, 7) is 9.98. The second-order valence-electron chi connectivity index (χ2n) is 12.2. The van der Waals surface area contributed by atoms with Gasteiger partial charge in [-0.25, -0.2) is 4.79 Å². The van der Waals surface area contributed by atoms with Crippen LogP contribution in [0.25, 0.3) is 0 Å². The Hall–Kier alpha value is -1.05. The number of carbonyl (C=O) groups excluding carboxylic acids is 1. The summed E-state index contributed by atoms with van der Waals surface area (Å²) in [6, 6.07) is 0.175. The predicted molar refractivity (Wildman–Crippen MR) is 138 cm³/mol. The van der Waals surface area contributed by atoms with Crippen LogP contribution in [0.2, 0.25) is 0 Å². The maximum absolute atomic E-state index is 12.2. The summed E-state index contributed by atoms with van der Waals surface area (Å²) in [5.74, 6) is 0.974. The van der Waals surface area contributed by atoms with Gasteiger partial charge in [-0.15, -0.1) is 0 Å². The Balaban J connectivity index is 1.09. The summed E-state index contributed by atoms with van der Waals surface area (Å²) in [6.07, 6.45) is 3.11. The van der Waals surface area contributed by atoms with Crippen LogP contribution in [0.5, 0.6) is 0 Å². The SMILES string of the molecule is CC(C)(C)C1CCC(NC(=O)NCCCNC[C@H]2O[C@@H](N3CCC4C(N)NCNC43)[C@H](O)[C@@H]2O)CC1. The molecule has 4 aliphatic rings. The van der Waals surface area contributed by atoms with Gasteiger partial charge in [-0.05, 0) is 56.4 Å². The number of hydrogen-bond acceptors (Lipinski definition) is 9. The Morgan fingerprint density at radius 1 is 1.08 bits per heavy atom. The molecule has 3 unspecified atom stereocenters. The van der Waals surface area contributed by atoms with Crippen molar-refractivity contribution in [1.29, 1.82) is 0 Å². The molecule has 0 spiro atoms. The van der Waals surface area contributed by atoms with E-state index in [2.05, 4.69) is 52.3 Å². The van der Waals surface area contributed by atoms with Gasteiger partial charge in [-0.3, -0.25) is 15.5 Å². The first-order valence-electron chi connectivity index (χ1n) is 13.9. The number of likely N-dealkylation sites (tertiary alicyclic amines) is 1. The van der Waals surface area contributed by atoms with Crippen molar-refractivity contribution in [2.75, 3.05) is 32.8 Å². The number of fused-ring (bicyclic) bond motifs is 1. The van der Waals surface area contributed by atoms with Crippen molar-refractivity contribution in [3.05, 3.63) is 0 Å². The molecule has 0 aromatic carbocycles. The summed E-state index contributed by atoms with van der Waals surface area (Å²) < 4.78 is 6.09. The first-order chi connectivity index (χ1) is 17.1. The third-order valence-electron chi connectivity index (χ3n) is 8.71. The number of nitrogens with zero attached hydrogens (tertiary/aromatic N) is 1. The third kappa shape index (κ3) is 6.68. The minimum atomic E-state index is -0.965. The highest BCUT2D eigenvalue weighted by molar-refractivity contribution is 5.74. The van der Waals surface area contributed by atoms with Crippen LogP contribution < -0.4 is 32.3 Å². The van der Waals surface area contributed by atoms with Gasteiger partial charge in [0.2, 0.25) is 0 Å². The summed E-state index contributed by atoms with van der Waals surface area (Å²) in [4.78, 5) is 14.3. The fraction of sp³-hybridized carbons (Fsp3) is 0.960. The largest absolute Gasteiger partial charge is 0.387 e. The number of aliphatic hydroxyl groups excluding tert-OH is 2. The number of ether oxygens (including phenoxy) is 1. The van der Waals surface area contributed by atoms with Gasteiger partial charge in [0.15, 0.2) is 0 Å². The van der Waals surface area contributed by atoms with E-state index in [0.717, 1.165) is 38.1 Å². The molecular formula is C25H49N7O4. The first kappa shape index (κ1) is 28.0. The van der Waals surface area contributed by atoms with E-state index in [-0.39, 0.29) is 30.3 Å². The van der Waals surface area contributed by atoms with Gasteiger partial charge in [-0.1, -0.05) is 20.8 Å². The molecule has 2 amide bonds. The molecule has 0 aromatic heterocycles. The van der Waals surface area contributed by atoms with E-state index in [0.29, 0.717) is 31.7 Å². The lowest BCUT2D eigenvalue weighted by molar-refractivity contribution is -0.105. The Bertz CT molecular complexity index is 715.